The third-order valence-electron chi connectivity index (χ3n) is 5.84. The number of benzene rings is 1. The van der Waals surface area contributed by atoms with Gasteiger partial charge in [0.25, 0.3) is 0 Å². The molecular weight excluding hydrogens is 338 g/mol. The van der Waals surface area contributed by atoms with Crippen molar-refractivity contribution in [3.8, 4) is 0 Å². The van der Waals surface area contributed by atoms with Crippen LogP contribution in [0.3, 0.4) is 0 Å². The van der Waals surface area contributed by atoms with Gasteiger partial charge in [-0.15, -0.1) is 0 Å². The molecule has 150 valence electrons. The second-order valence-electron chi connectivity index (χ2n) is 7.84. The number of hydrogen-bond acceptors (Lipinski definition) is 4. The Balaban J connectivity index is 1.64. The molecule has 1 aliphatic carbocycles. The number of nitrogens with one attached hydrogen (secondary N) is 1. The summed E-state index contributed by atoms with van der Waals surface area (Å²) >= 11 is 0. The van der Waals surface area contributed by atoms with E-state index in [9.17, 15) is 0 Å². The van der Waals surface area contributed by atoms with E-state index in [-0.39, 0.29) is 6.61 Å². The third kappa shape index (κ3) is 6.19. The van der Waals surface area contributed by atoms with E-state index in [2.05, 4.69) is 27.2 Å². The summed E-state index contributed by atoms with van der Waals surface area (Å²) in [6.45, 7) is 6.49. The quantitative estimate of drug-likeness (QED) is 0.524. The fraction of sp³-hybridized carbons (Fsp3) is 0.667. The van der Waals surface area contributed by atoms with Gasteiger partial charge in [-0.1, -0.05) is 24.6 Å². The van der Waals surface area contributed by atoms with Crippen LogP contribution >= 0.6 is 0 Å². The number of rotatable bonds is 6. The Morgan fingerprint density at radius 2 is 1.85 bits per heavy atom. The van der Waals surface area contributed by atoms with Gasteiger partial charge in [-0.2, -0.15) is 0 Å². The first-order chi connectivity index (χ1) is 13.3. The zero-order valence-corrected chi connectivity index (χ0v) is 16.4. The second-order valence-corrected chi connectivity index (χ2v) is 7.84. The van der Waals surface area contributed by atoms with Crippen LogP contribution in [0.15, 0.2) is 35.3 Å². The van der Waals surface area contributed by atoms with Crippen LogP contribution < -0.4 is 11.1 Å². The van der Waals surface area contributed by atoms with Gasteiger partial charge in [-0.3, -0.25) is 9.89 Å². The molecule has 1 saturated heterocycles. The lowest BCUT2D eigenvalue weighted by Gasteiger charge is -2.36. The maximum absolute atomic E-state index is 9.16. The summed E-state index contributed by atoms with van der Waals surface area (Å²) < 4.78 is 0. The van der Waals surface area contributed by atoms with Crippen LogP contribution in [0.25, 0.3) is 0 Å². The number of β-amino-alcohol motifs (C(OH)–C–C–N with tert-alkyl or cyclic N) is 1. The number of hydrogen-bond donors (Lipinski definition) is 3. The minimum Gasteiger partial charge on any atom is -0.395 e. The van der Waals surface area contributed by atoms with Crippen molar-refractivity contribution in [3.05, 3.63) is 30.3 Å². The van der Waals surface area contributed by atoms with Crippen LogP contribution in [0.1, 0.15) is 25.7 Å². The fourth-order valence-corrected chi connectivity index (χ4v) is 4.19. The Morgan fingerprint density at radius 1 is 1.11 bits per heavy atom. The van der Waals surface area contributed by atoms with Gasteiger partial charge in [0, 0.05) is 45.0 Å². The van der Waals surface area contributed by atoms with Crippen molar-refractivity contribution in [3.63, 3.8) is 0 Å². The number of para-hydroxylation sites is 1. The van der Waals surface area contributed by atoms with Gasteiger partial charge in [0.15, 0.2) is 5.96 Å². The zero-order valence-electron chi connectivity index (χ0n) is 16.4. The monoisotopic (exact) mass is 373 g/mol. The molecular formula is C21H35N5O. The lowest BCUT2D eigenvalue weighted by atomic mass is 9.81. The number of aliphatic hydroxyl groups is 1. The maximum atomic E-state index is 9.16. The van der Waals surface area contributed by atoms with Gasteiger partial charge in [0.05, 0.1) is 6.61 Å². The van der Waals surface area contributed by atoms with Gasteiger partial charge in [-0.25, -0.2) is 0 Å². The number of nitrogens with two attached hydrogens (primary N) is 1. The van der Waals surface area contributed by atoms with Gasteiger partial charge in [0.1, 0.15) is 0 Å². The van der Waals surface area contributed by atoms with Crippen LogP contribution in [-0.2, 0) is 0 Å². The molecule has 27 heavy (non-hydrogen) atoms. The molecule has 1 aliphatic heterocycles. The highest BCUT2D eigenvalue weighted by molar-refractivity contribution is 5.93. The molecule has 1 saturated carbocycles. The van der Waals surface area contributed by atoms with Crippen LogP contribution in [0, 0.1) is 11.8 Å². The van der Waals surface area contributed by atoms with Crippen molar-refractivity contribution in [2.45, 2.75) is 25.7 Å². The second kappa shape index (κ2) is 10.6. The van der Waals surface area contributed by atoms with E-state index in [0.29, 0.717) is 11.8 Å². The lowest BCUT2D eigenvalue weighted by Crippen LogP contribution is -2.51. The maximum Gasteiger partial charge on any atom is 0.198 e. The molecule has 4 N–H and O–H groups in total. The molecule has 0 aromatic heterocycles. The molecule has 6 nitrogen and oxygen atoms in total. The molecule has 1 heterocycles. The fourth-order valence-electron chi connectivity index (χ4n) is 4.19. The summed E-state index contributed by atoms with van der Waals surface area (Å²) in [5, 5.41) is 12.7. The molecule has 2 aliphatic rings. The minimum atomic E-state index is 0.229. The van der Waals surface area contributed by atoms with Gasteiger partial charge >= 0.3 is 0 Å². The van der Waals surface area contributed by atoms with Gasteiger partial charge in [0.2, 0.25) is 0 Å². The molecule has 1 aromatic rings. The summed E-state index contributed by atoms with van der Waals surface area (Å²) in [4.78, 5) is 9.69. The highest BCUT2D eigenvalue weighted by Gasteiger charge is 2.23. The Labute approximate surface area is 163 Å². The van der Waals surface area contributed by atoms with Crippen molar-refractivity contribution in [1.82, 2.24) is 9.80 Å². The minimum absolute atomic E-state index is 0.229. The number of aliphatic imine (C=N–C) groups is 1. The number of anilines is 1. The first-order valence-corrected chi connectivity index (χ1v) is 10.4. The first kappa shape index (κ1) is 20.1. The Morgan fingerprint density at radius 3 is 2.56 bits per heavy atom. The largest absolute Gasteiger partial charge is 0.395 e. The molecule has 0 bridgehead atoms. The standard InChI is InChI=1S/C21H35N5O/c22-16-18-5-4-6-19(15-18)17-23-21(24-20-7-2-1-3-8-20)26-11-9-25(10-12-26)13-14-27/h1-3,7-8,18-19,27H,4-6,9-17,22H2,(H,23,24). The topological polar surface area (TPSA) is 77.1 Å². The van der Waals surface area contributed by atoms with E-state index >= 15 is 0 Å². The van der Waals surface area contributed by atoms with E-state index in [0.717, 1.165) is 57.5 Å². The third-order valence-corrected chi connectivity index (χ3v) is 5.84. The van der Waals surface area contributed by atoms with Gasteiger partial charge < -0.3 is 21.1 Å². The molecule has 0 radical (unpaired) electrons. The summed E-state index contributed by atoms with van der Waals surface area (Å²) in [6, 6.07) is 10.3. The summed E-state index contributed by atoms with van der Waals surface area (Å²) in [6.07, 6.45) is 5.04. The van der Waals surface area contributed by atoms with E-state index < -0.39 is 0 Å². The van der Waals surface area contributed by atoms with Gasteiger partial charge in [-0.05, 0) is 49.8 Å². The molecule has 1 aromatic carbocycles. The molecule has 0 spiro atoms. The van der Waals surface area contributed by atoms with Crippen LogP contribution in [0.5, 0.6) is 0 Å². The normalized spacial score (nSPS) is 24.8. The zero-order chi connectivity index (χ0) is 18.9. The van der Waals surface area contributed by atoms with Crippen LogP contribution in [-0.4, -0.2) is 73.3 Å². The average molecular weight is 374 g/mol. The summed E-state index contributed by atoms with van der Waals surface area (Å²) in [7, 11) is 0. The first-order valence-electron chi connectivity index (χ1n) is 10.4. The van der Waals surface area contributed by atoms with Crippen LogP contribution in [0.2, 0.25) is 0 Å². The van der Waals surface area contributed by atoms with Crippen LogP contribution in [0.4, 0.5) is 5.69 Å². The molecule has 2 atom stereocenters. The predicted octanol–water partition coefficient (Wildman–Crippen LogP) is 1.83. The van der Waals surface area contributed by atoms with Crippen molar-refractivity contribution in [2.24, 2.45) is 22.6 Å². The summed E-state index contributed by atoms with van der Waals surface area (Å²) in [5.41, 5.74) is 6.98. The molecule has 2 unspecified atom stereocenters. The molecule has 2 fully saturated rings. The number of nitrogens with zero attached hydrogens (tertiary/aromatic N) is 3. The lowest BCUT2D eigenvalue weighted by molar-refractivity contribution is 0.147. The predicted molar refractivity (Wildman–Crippen MR) is 112 cm³/mol. The smallest absolute Gasteiger partial charge is 0.198 e. The molecule has 0 amide bonds. The van der Waals surface area contributed by atoms with Crippen molar-refractivity contribution < 1.29 is 5.11 Å². The average Bonchev–Trinajstić information content (AvgIpc) is 2.73. The molecule has 6 heteroatoms. The Kier molecular flexibility index (Phi) is 7.93. The number of aliphatic hydroxyl groups excluding tert-OH is 1. The molecule has 3 rings (SSSR count). The van der Waals surface area contributed by atoms with E-state index in [1.807, 2.05) is 18.2 Å². The summed E-state index contributed by atoms with van der Waals surface area (Å²) in [5.74, 6) is 2.31. The Bertz CT molecular complexity index is 571. The van der Waals surface area contributed by atoms with E-state index in [1.165, 1.54) is 25.7 Å². The number of guanidine groups is 1. The highest BCUT2D eigenvalue weighted by atomic mass is 16.3. The van der Waals surface area contributed by atoms with E-state index in [4.69, 9.17) is 15.8 Å². The van der Waals surface area contributed by atoms with Crippen molar-refractivity contribution in [1.29, 1.82) is 0 Å². The van der Waals surface area contributed by atoms with Crippen molar-refractivity contribution in [2.75, 3.05) is 57.7 Å². The van der Waals surface area contributed by atoms with Crippen molar-refractivity contribution >= 4 is 11.6 Å². The SMILES string of the molecule is NCC1CCCC(CN=C(Nc2ccccc2)N2CCN(CCO)CC2)C1. The Hall–Kier alpha value is -1.63. The highest BCUT2D eigenvalue weighted by Crippen LogP contribution is 2.28. The number of piperazine rings is 1. The van der Waals surface area contributed by atoms with E-state index in [1.54, 1.807) is 0 Å².